The molecule has 0 aromatic heterocycles. The molecule has 0 bridgehead atoms. The summed E-state index contributed by atoms with van der Waals surface area (Å²) in [7, 11) is -4.75. The summed E-state index contributed by atoms with van der Waals surface area (Å²) in [6.45, 7) is 4.68. The molecule has 12 heteroatoms. The number of ether oxygens (including phenoxy) is 3. The van der Waals surface area contributed by atoms with Gasteiger partial charge in [-0.15, -0.1) is 0 Å². The lowest BCUT2D eigenvalue weighted by molar-refractivity contribution is -0.161. The average Bonchev–Trinajstić information content (AvgIpc) is 3.45. The van der Waals surface area contributed by atoms with Gasteiger partial charge < -0.3 is 24.2 Å². The summed E-state index contributed by atoms with van der Waals surface area (Å²) in [5, 5.41) is 9.85. The van der Waals surface area contributed by atoms with E-state index >= 15 is 0 Å². The molecule has 11 nitrogen and oxygen atoms in total. The number of hydrogen-bond donors (Lipinski definition) is 2. The first-order valence-corrected chi connectivity index (χ1v) is 35.4. The van der Waals surface area contributed by atoms with E-state index in [0.717, 1.165) is 83.5 Å². The average molecular weight is 1150 g/mol. The van der Waals surface area contributed by atoms with Crippen molar-refractivity contribution in [2.45, 2.75) is 354 Å². The highest BCUT2D eigenvalue weighted by Gasteiger charge is 2.28. The Hall–Kier alpha value is -2.30. The highest BCUT2D eigenvalue weighted by Crippen LogP contribution is 2.43. The molecule has 0 aromatic rings. The number of allylic oxidation sites excluding steroid dienone is 6. The molecule has 3 unspecified atom stereocenters. The van der Waals surface area contributed by atoms with Crippen molar-refractivity contribution in [2.24, 2.45) is 0 Å². The van der Waals surface area contributed by atoms with E-state index in [1.54, 1.807) is 0 Å². The second-order valence-electron chi connectivity index (χ2n) is 23.0. The summed E-state index contributed by atoms with van der Waals surface area (Å²) in [6, 6.07) is 0. The van der Waals surface area contributed by atoms with Crippen LogP contribution in [0.25, 0.3) is 0 Å². The summed E-state index contributed by atoms with van der Waals surface area (Å²) < 4.78 is 39.8. The van der Waals surface area contributed by atoms with Crippen LogP contribution in [-0.2, 0) is 42.2 Å². The maximum Gasteiger partial charge on any atom is 0.472 e. The molecule has 0 radical (unpaired) electrons. The zero-order valence-corrected chi connectivity index (χ0v) is 53.2. The third kappa shape index (κ3) is 60.3. The van der Waals surface area contributed by atoms with Crippen LogP contribution in [0.2, 0.25) is 0 Å². The van der Waals surface area contributed by atoms with E-state index in [0.29, 0.717) is 19.3 Å². The minimum Gasteiger partial charge on any atom is -0.462 e. The predicted molar refractivity (Wildman–Crippen MR) is 335 cm³/mol. The molecule has 3 atom stereocenters. The predicted octanol–water partition coefficient (Wildman–Crippen LogP) is 20.7. The Morgan fingerprint density at radius 2 is 0.613 bits per heavy atom. The Labute approximate surface area is 492 Å². The fourth-order valence-corrected chi connectivity index (χ4v) is 10.6. The van der Waals surface area contributed by atoms with Crippen LogP contribution in [0.1, 0.15) is 342 Å². The van der Waals surface area contributed by atoms with Crippen LogP contribution in [0.3, 0.4) is 0 Å². The molecule has 0 spiro atoms. The number of phosphoric acid groups is 1. The molecule has 0 saturated heterocycles. The van der Waals surface area contributed by atoms with E-state index in [-0.39, 0.29) is 25.9 Å². The van der Waals surface area contributed by atoms with E-state index in [2.05, 4.69) is 57.2 Å². The molecule has 0 aliphatic heterocycles. The molecule has 0 aliphatic rings. The van der Waals surface area contributed by atoms with Gasteiger partial charge in [0.25, 0.3) is 0 Å². The maximum absolute atomic E-state index is 13.0. The molecule has 0 aliphatic carbocycles. The van der Waals surface area contributed by atoms with Gasteiger partial charge in [0.1, 0.15) is 12.7 Å². The molecule has 0 aromatic carbocycles. The van der Waals surface area contributed by atoms with Gasteiger partial charge in [-0.05, 0) is 77.0 Å². The summed E-state index contributed by atoms with van der Waals surface area (Å²) >= 11 is 0. The Bertz CT molecular complexity index is 1480. The van der Waals surface area contributed by atoms with E-state index in [1.807, 2.05) is 0 Å². The van der Waals surface area contributed by atoms with Crippen LogP contribution in [-0.4, -0.2) is 66.5 Å². The van der Waals surface area contributed by atoms with Crippen LogP contribution in [0.4, 0.5) is 0 Å². The van der Waals surface area contributed by atoms with Gasteiger partial charge in [0, 0.05) is 19.3 Å². The minimum absolute atomic E-state index is 0.164. The number of hydrogen-bond acceptors (Lipinski definition) is 10. The Kier molecular flexibility index (Phi) is 60.9. The Morgan fingerprint density at radius 1 is 0.350 bits per heavy atom. The number of unbranched alkanes of at least 4 members (excludes halogenated alkanes) is 41. The highest BCUT2D eigenvalue weighted by molar-refractivity contribution is 7.47. The molecule has 470 valence electrons. The first kappa shape index (κ1) is 77.7. The van der Waals surface area contributed by atoms with Crippen molar-refractivity contribution in [3.05, 3.63) is 36.5 Å². The summed E-state index contributed by atoms with van der Waals surface area (Å²) in [4.78, 5) is 48.8. The van der Waals surface area contributed by atoms with Crippen molar-refractivity contribution in [3.63, 3.8) is 0 Å². The second-order valence-corrected chi connectivity index (χ2v) is 24.4. The molecule has 0 amide bonds. The molecular formula is C68H127O11P. The van der Waals surface area contributed by atoms with E-state index in [9.17, 15) is 28.9 Å². The van der Waals surface area contributed by atoms with Gasteiger partial charge in [0.05, 0.1) is 19.8 Å². The third-order valence-corrected chi connectivity index (χ3v) is 16.0. The lowest BCUT2D eigenvalue weighted by Crippen LogP contribution is -2.30. The lowest BCUT2D eigenvalue weighted by Gasteiger charge is -2.21. The highest BCUT2D eigenvalue weighted by atomic mass is 31.2. The fraction of sp³-hybridized carbons (Fsp3) is 0.868. The van der Waals surface area contributed by atoms with Gasteiger partial charge in [-0.25, -0.2) is 4.57 Å². The SMILES string of the molecule is CCCCC/C=C\C/C=C\CCCCCCCC(=O)OC(CO)COP(=O)(O)OCC(COC(=O)CCCCCCCCCCC/C=C\CCCCCCCC)OC(=O)CCCCCCCCCCCCCCCCCCCCC. The number of phosphoric ester groups is 1. The van der Waals surface area contributed by atoms with Gasteiger partial charge >= 0.3 is 25.7 Å². The third-order valence-electron chi connectivity index (χ3n) is 15.0. The van der Waals surface area contributed by atoms with Crippen LogP contribution >= 0.6 is 7.82 Å². The molecule has 80 heavy (non-hydrogen) atoms. The van der Waals surface area contributed by atoms with E-state index in [1.165, 1.54) is 199 Å². The quantitative estimate of drug-likeness (QED) is 0.0197. The summed E-state index contributed by atoms with van der Waals surface area (Å²) in [6.07, 6.45) is 68.1. The zero-order chi connectivity index (χ0) is 58.3. The number of carbonyl (C=O) groups is 3. The largest absolute Gasteiger partial charge is 0.472 e. The van der Waals surface area contributed by atoms with Crippen LogP contribution in [0, 0.1) is 0 Å². The Balaban J connectivity index is 4.66. The first-order chi connectivity index (χ1) is 39.2. The number of rotatable bonds is 64. The number of carbonyl (C=O) groups excluding carboxylic acids is 3. The number of aliphatic hydroxyl groups is 1. The zero-order valence-electron chi connectivity index (χ0n) is 52.3. The first-order valence-electron chi connectivity index (χ1n) is 33.9. The standard InChI is InChI=1S/C68H127O11P/c1-4-7-10-13-16-19-22-25-28-30-32-34-37-39-42-45-48-51-54-57-66(70)75-61-65(79-68(72)59-56-53-50-47-44-41-38-35-33-31-29-26-23-20-17-14-11-8-5-2)63-77-80(73,74)76-62-64(60-69)78-67(71)58-55-52-49-46-43-40-36-27-24-21-18-15-12-9-6-3/h18,21,25,27-28,36,64-65,69H,4-17,19-20,22-24,26,29-35,37-63H2,1-3H3,(H,73,74)/b21-18-,28-25-,36-27-. The van der Waals surface area contributed by atoms with E-state index in [4.69, 9.17) is 23.3 Å². The van der Waals surface area contributed by atoms with Crippen LogP contribution in [0.5, 0.6) is 0 Å². The number of aliphatic hydroxyl groups excluding tert-OH is 1. The Morgan fingerprint density at radius 3 is 0.963 bits per heavy atom. The molecule has 0 fully saturated rings. The van der Waals surface area contributed by atoms with Gasteiger partial charge in [-0.2, -0.15) is 0 Å². The van der Waals surface area contributed by atoms with Crippen molar-refractivity contribution in [3.8, 4) is 0 Å². The van der Waals surface area contributed by atoms with Crippen LogP contribution < -0.4 is 0 Å². The summed E-state index contributed by atoms with van der Waals surface area (Å²) in [5.74, 6) is -1.45. The van der Waals surface area contributed by atoms with Crippen molar-refractivity contribution >= 4 is 25.7 Å². The monoisotopic (exact) mass is 1150 g/mol. The van der Waals surface area contributed by atoms with Crippen molar-refractivity contribution in [1.29, 1.82) is 0 Å². The molecular weight excluding hydrogens is 1020 g/mol. The van der Waals surface area contributed by atoms with Gasteiger partial charge in [0.15, 0.2) is 6.10 Å². The minimum atomic E-state index is -4.75. The molecule has 2 N–H and O–H groups in total. The smallest absolute Gasteiger partial charge is 0.462 e. The number of esters is 3. The molecule has 0 heterocycles. The topological polar surface area (TPSA) is 155 Å². The normalized spacial score (nSPS) is 13.4. The van der Waals surface area contributed by atoms with E-state index < -0.39 is 57.8 Å². The van der Waals surface area contributed by atoms with Crippen LogP contribution in [0.15, 0.2) is 36.5 Å². The van der Waals surface area contributed by atoms with Gasteiger partial charge in [0.2, 0.25) is 0 Å². The molecule has 0 saturated carbocycles. The van der Waals surface area contributed by atoms with Crippen molar-refractivity contribution in [1.82, 2.24) is 0 Å². The lowest BCUT2D eigenvalue weighted by atomic mass is 10.0. The molecule has 0 rings (SSSR count). The van der Waals surface area contributed by atoms with Gasteiger partial charge in [-0.1, -0.05) is 282 Å². The maximum atomic E-state index is 13.0. The second kappa shape index (κ2) is 62.7. The van der Waals surface area contributed by atoms with Crippen molar-refractivity contribution in [2.75, 3.05) is 26.4 Å². The van der Waals surface area contributed by atoms with Gasteiger partial charge in [-0.3, -0.25) is 23.4 Å². The fourth-order valence-electron chi connectivity index (χ4n) is 9.86. The van der Waals surface area contributed by atoms with Crippen molar-refractivity contribution < 1.29 is 52.2 Å². The summed E-state index contributed by atoms with van der Waals surface area (Å²) in [5.41, 5.74) is 0.